The third kappa shape index (κ3) is 2.54. The Kier molecular flexibility index (Phi) is 2.97. The fraction of sp³-hybridized carbons (Fsp3) is 0.100. The van der Waals surface area contributed by atoms with Crippen molar-refractivity contribution in [3.8, 4) is 5.75 Å². The van der Waals surface area contributed by atoms with Gasteiger partial charge in [-0.2, -0.15) is 13.2 Å². The van der Waals surface area contributed by atoms with Gasteiger partial charge >= 0.3 is 12.1 Å². The van der Waals surface area contributed by atoms with Crippen LogP contribution >= 0.6 is 0 Å². The van der Waals surface area contributed by atoms with Crippen LogP contribution in [0.3, 0.4) is 0 Å². The Morgan fingerprint density at radius 1 is 1.32 bits per heavy atom. The highest BCUT2D eigenvalue weighted by atomic mass is 19.4. The van der Waals surface area contributed by atoms with Gasteiger partial charge in [-0.3, -0.25) is 4.79 Å². The lowest BCUT2D eigenvalue weighted by Crippen LogP contribution is -2.28. The van der Waals surface area contributed by atoms with Gasteiger partial charge in [0.2, 0.25) is 0 Å². The fourth-order valence-corrected chi connectivity index (χ4v) is 1.37. The van der Waals surface area contributed by atoms with E-state index >= 15 is 0 Å². The topological polar surface area (TPSA) is 72.0 Å². The van der Waals surface area contributed by atoms with Crippen molar-refractivity contribution in [1.29, 1.82) is 0 Å². The molecule has 100 valence electrons. The molecular formula is C10H4F4N2O3. The number of benzene rings is 1. The summed E-state index contributed by atoms with van der Waals surface area (Å²) in [6, 6.07) is 1.33. The third-order valence-corrected chi connectivity index (χ3v) is 2.11. The lowest BCUT2D eigenvalue weighted by Gasteiger charge is -2.08. The van der Waals surface area contributed by atoms with Crippen LogP contribution in [0.25, 0.3) is 10.9 Å². The zero-order valence-electron chi connectivity index (χ0n) is 8.92. The van der Waals surface area contributed by atoms with Gasteiger partial charge in [0.1, 0.15) is 17.0 Å². The summed E-state index contributed by atoms with van der Waals surface area (Å²) in [6.07, 6.45) is -4.31. The molecule has 0 saturated carbocycles. The third-order valence-electron chi connectivity index (χ3n) is 2.11. The van der Waals surface area contributed by atoms with Gasteiger partial charge in [-0.1, -0.05) is 0 Å². The smallest absolute Gasteiger partial charge is 0.419 e. The number of esters is 1. The molecule has 0 radical (unpaired) electrons. The van der Waals surface area contributed by atoms with E-state index in [1.54, 1.807) is 0 Å². The summed E-state index contributed by atoms with van der Waals surface area (Å²) in [7, 11) is 0. The van der Waals surface area contributed by atoms with E-state index in [9.17, 15) is 27.2 Å². The van der Waals surface area contributed by atoms with Crippen LogP contribution in [0.5, 0.6) is 5.75 Å². The minimum Gasteiger partial charge on any atom is -0.419 e. The Morgan fingerprint density at radius 3 is 2.63 bits per heavy atom. The molecule has 0 unspecified atom stereocenters. The average molecular weight is 276 g/mol. The lowest BCUT2D eigenvalue weighted by atomic mass is 10.2. The van der Waals surface area contributed by atoms with Gasteiger partial charge in [0.25, 0.3) is 5.56 Å². The van der Waals surface area contributed by atoms with Gasteiger partial charge in [-0.05, 0) is 0 Å². The second-order valence-corrected chi connectivity index (χ2v) is 3.42. The van der Waals surface area contributed by atoms with Gasteiger partial charge < -0.3 is 9.72 Å². The standard InChI is InChI=1S/C10H4F4N2O3/c11-4-1-5-7(8(17)16-3-15-5)6(2-4)19-9(18)10(12,13)14/h1-3H,(H,15,16,17). The van der Waals surface area contributed by atoms with Crippen molar-refractivity contribution in [3.05, 3.63) is 34.6 Å². The van der Waals surface area contributed by atoms with E-state index in [1.165, 1.54) is 0 Å². The first-order chi connectivity index (χ1) is 8.79. The first-order valence-electron chi connectivity index (χ1n) is 4.75. The van der Waals surface area contributed by atoms with Crippen LogP contribution in [0, 0.1) is 5.82 Å². The number of H-pyrrole nitrogens is 1. The van der Waals surface area contributed by atoms with Crippen molar-refractivity contribution in [2.24, 2.45) is 0 Å². The summed E-state index contributed by atoms with van der Waals surface area (Å²) < 4.78 is 53.3. The summed E-state index contributed by atoms with van der Waals surface area (Å²) in [6.45, 7) is 0. The second-order valence-electron chi connectivity index (χ2n) is 3.42. The van der Waals surface area contributed by atoms with Crippen LogP contribution in [-0.2, 0) is 4.79 Å². The highest BCUT2D eigenvalue weighted by Gasteiger charge is 2.41. The van der Waals surface area contributed by atoms with Crippen LogP contribution < -0.4 is 10.3 Å². The molecule has 1 heterocycles. The normalized spacial score (nSPS) is 11.6. The number of alkyl halides is 3. The molecule has 0 bridgehead atoms. The molecule has 19 heavy (non-hydrogen) atoms. The van der Waals surface area contributed by atoms with Crippen molar-refractivity contribution in [2.45, 2.75) is 6.18 Å². The van der Waals surface area contributed by atoms with E-state index in [0.717, 1.165) is 12.4 Å². The maximum absolute atomic E-state index is 13.2. The van der Waals surface area contributed by atoms with Crippen LogP contribution in [0.2, 0.25) is 0 Å². The quantitative estimate of drug-likeness (QED) is 0.487. The van der Waals surface area contributed by atoms with Gasteiger partial charge in [0.05, 0.1) is 11.8 Å². The highest BCUT2D eigenvalue weighted by Crippen LogP contribution is 2.25. The van der Waals surface area contributed by atoms with E-state index in [4.69, 9.17) is 0 Å². The van der Waals surface area contributed by atoms with Crippen molar-refractivity contribution in [2.75, 3.05) is 0 Å². The number of nitrogens with one attached hydrogen (secondary N) is 1. The molecule has 5 nitrogen and oxygen atoms in total. The van der Waals surface area contributed by atoms with Crippen LogP contribution in [0.4, 0.5) is 17.6 Å². The molecule has 1 N–H and O–H groups in total. The number of halogens is 4. The SMILES string of the molecule is O=C(Oc1cc(F)cc2nc[nH]c(=O)c12)C(F)(F)F. The Hall–Kier alpha value is -2.45. The van der Waals surface area contributed by atoms with Gasteiger partial charge in [-0.25, -0.2) is 14.2 Å². The average Bonchev–Trinajstić information content (AvgIpc) is 2.26. The van der Waals surface area contributed by atoms with Crippen molar-refractivity contribution in [1.82, 2.24) is 9.97 Å². The van der Waals surface area contributed by atoms with Crippen LogP contribution in [0.1, 0.15) is 0 Å². The van der Waals surface area contributed by atoms with E-state index in [1.807, 2.05) is 0 Å². The van der Waals surface area contributed by atoms with E-state index in [2.05, 4.69) is 14.7 Å². The number of aromatic nitrogens is 2. The molecule has 2 rings (SSSR count). The lowest BCUT2D eigenvalue weighted by molar-refractivity contribution is -0.189. The number of nitrogens with zero attached hydrogens (tertiary/aromatic N) is 1. The molecule has 2 aromatic rings. The molecule has 0 atom stereocenters. The molecule has 0 spiro atoms. The van der Waals surface area contributed by atoms with Crippen molar-refractivity contribution in [3.63, 3.8) is 0 Å². The van der Waals surface area contributed by atoms with Gasteiger partial charge in [-0.15, -0.1) is 0 Å². The molecule has 0 aliphatic heterocycles. The Bertz CT molecular complexity index is 708. The zero-order valence-corrected chi connectivity index (χ0v) is 8.92. The first kappa shape index (κ1) is 13.0. The summed E-state index contributed by atoms with van der Waals surface area (Å²) in [5.74, 6) is -4.38. The number of hydrogen-bond donors (Lipinski definition) is 1. The monoisotopic (exact) mass is 276 g/mol. The summed E-state index contributed by atoms with van der Waals surface area (Å²) in [5.41, 5.74) is -1.08. The minimum absolute atomic E-state index is 0.228. The molecule has 1 aromatic carbocycles. The largest absolute Gasteiger partial charge is 0.491 e. The van der Waals surface area contributed by atoms with E-state index in [-0.39, 0.29) is 5.52 Å². The number of carbonyl (C=O) groups is 1. The molecule has 0 fully saturated rings. The number of fused-ring (bicyclic) bond motifs is 1. The fourth-order valence-electron chi connectivity index (χ4n) is 1.37. The number of hydrogen-bond acceptors (Lipinski definition) is 4. The molecule has 0 aliphatic rings. The molecular weight excluding hydrogens is 272 g/mol. The predicted molar refractivity (Wildman–Crippen MR) is 54.0 cm³/mol. The van der Waals surface area contributed by atoms with Gasteiger partial charge in [0.15, 0.2) is 0 Å². The maximum Gasteiger partial charge on any atom is 0.491 e. The molecule has 1 aromatic heterocycles. The maximum atomic E-state index is 13.2. The first-order valence-corrected chi connectivity index (χ1v) is 4.75. The van der Waals surface area contributed by atoms with Crippen LogP contribution in [-0.4, -0.2) is 22.1 Å². The number of carbonyl (C=O) groups excluding carboxylic acids is 1. The van der Waals surface area contributed by atoms with E-state index in [0.29, 0.717) is 6.07 Å². The Labute approximate surface area is 101 Å². The number of ether oxygens (including phenoxy) is 1. The molecule has 0 aliphatic carbocycles. The predicted octanol–water partition coefficient (Wildman–Crippen LogP) is 1.53. The summed E-state index contributed by atoms with van der Waals surface area (Å²) >= 11 is 0. The van der Waals surface area contributed by atoms with Crippen molar-refractivity contribution < 1.29 is 27.1 Å². The molecule has 9 heteroatoms. The minimum atomic E-state index is -5.26. The molecule has 0 amide bonds. The van der Waals surface area contributed by atoms with Gasteiger partial charge in [0, 0.05) is 12.1 Å². The van der Waals surface area contributed by atoms with E-state index < -0.39 is 34.7 Å². The molecule has 0 saturated heterocycles. The summed E-state index contributed by atoms with van der Waals surface area (Å²) in [5, 5.41) is -0.443. The summed E-state index contributed by atoms with van der Waals surface area (Å²) in [4.78, 5) is 27.8. The number of aromatic amines is 1. The zero-order chi connectivity index (χ0) is 14.2. The van der Waals surface area contributed by atoms with Crippen LogP contribution in [0.15, 0.2) is 23.3 Å². The second kappa shape index (κ2) is 4.34. The van der Waals surface area contributed by atoms with Crippen molar-refractivity contribution >= 4 is 16.9 Å². The number of rotatable bonds is 1. The Balaban J connectivity index is 2.60. The Morgan fingerprint density at radius 2 is 2.00 bits per heavy atom. The highest BCUT2D eigenvalue weighted by molar-refractivity contribution is 5.88.